The lowest BCUT2D eigenvalue weighted by molar-refractivity contribution is -0.139. The van der Waals surface area contributed by atoms with Crippen molar-refractivity contribution in [2.24, 2.45) is 5.92 Å². The molecule has 1 aromatic heterocycles. The second-order valence-electron chi connectivity index (χ2n) is 6.28. The van der Waals surface area contributed by atoms with Crippen LogP contribution < -0.4 is 4.74 Å². The standard InChI is InChI=1S/C17H23N3O3/c1-13(21)19-9-4-14(5-10-19)17(22)20-11-6-16(12-20)23-15-2-7-18-8-3-15/h2-3,7-8,14,16H,4-6,9-12H2,1H3. The fourth-order valence-electron chi connectivity index (χ4n) is 3.33. The fourth-order valence-corrected chi connectivity index (χ4v) is 3.33. The van der Waals surface area contributed by atoms with E-state index >= 15 is 0 Å². The first kappa shape index (κ1) is 15.8. The number of aromatic nitrogens is 1. The molecule has 6 heteroatoms. The largest absolute Gasteiger partial charge is 0.488 e. The zero-order chi connectivity index (χ0) is 16.2. The number of hydrogen-bond donors (Lipinski definition) is 0. The van der Waals surface area contributed by atoms with Crippen LogP contribution in [0.25, 0.3) is 0 Å². The molecule has 0 saturated carbocycles. The lowest BCUT2D eigenvalue weighted by atomic mass is 9.95. The van der Waals surface area contributed by atoms with Gasteiger partial charge in [0, 0.05) is 51.3 Å². The summed E-state index contributed by atoms with van der Waals surface area (Å²) in [6.45, 7) is 4.37. The Kier molecular flexibility index (Phi) is 4.79. The molecule has 2 saturated heterocycles. The van der Waals surface area contributed by atoms with Crippen LogP contribution in [0.5, 0.6) is 5.75 Å². The van der Waals surface area contributed by atoms with Crippen molar-refractivity contribution >= 4 is 11.8 Å². The summed E-state index contributed by atoms with van der Waals surface area (Å²) in [5.74, 6) is 1.16. The summed E-state index contributed by atoms with van der Waals surface area (Å²) in [6, 6.07) is 3.67. The Morgan fingerprint density at radius 1 is 1.09 bits per heavy atom. The number of carbonyl (C=O) groups excluding carboxylic acids is 2. The lowest BCUT2D eigenvalue weighted by Crippen LogP contribution is -2.43. The number of pyridine rings is 1. The molecule has 6 nitrogen and oxygen atoms in total. The quantitative estimate of drug-likeness (QED) is 0.843. The molecule has 1 unspecified atom stereocenters. The molecule has 0 bridgehead atoms. The first-order valence-electron chi connectivity index (χ1n) is 8.24. The average Bonchev–Trinajstić information content (AvgIpc) is 3.03. The summed E-state index contributed by atoms with van der Waals surface area (Å²) in [4.78, 5) is 31.7. The first-order chi connectivity index (χ1) is 11.1. The lowest BCUT2D eigenvalue weighted by Gasteiger charge is -2.32. The Bertz CT molecular complexity index is 555. The molecule has 1 atom stereocenters. The van der Waals surface area contributed by atoms with E-state index in [1.807, 2.05) is 21.9 Å². The Morgan fingerprint density at radius 3 is 2.39 bits per heavy atom. The third-order valence-electron chi connectivity index (χ3n) is 4.70. The maximum Gasteiger partial charge on any atom is 0.225 e. The summed E-state index contributed by atoms with van der Waals surface area (Å²) >= 11 is 0. The van der Waals surface area contributed by atoms with Gasteiger partial charge in [0.05, 0.1) is 6.54 Å². The van der Waals surface area contributed by atoms with E-state index in [-0.39, 0.29) is 23.8 Å². The third kappa shape index (κ3) is 3.81. The van der Waals surface area contributed by atoms with Gasteiger partial charge in [0.15, 0.2) is 0 Å². The van der Waals surface area contributed by atoms with Crippen LogP contribution in [0.4, 0.5) is 0 Å². The van der Waals surface area contributed by atoms with Gasteiger partial charge in [0.2, 0.25) is 11.8 Å². The van der Waals surface area contributed by atoms with Crippen molar-refractivity contribution in [3.05, 3.63) is 24.5 Å². The maximum atomic E-state index is 12.6. The minimum Gasteiger partial charge on any atom is -0.488 e. The zero-order valence-corrected chi connectivity index (χ0v) is 13.5. The van der Waals surface area contributed by atoms with Crippen molar-refractivity contribution in [3.63, 3.8) is 0 Å². The summed E-state index contributed by atoms with van der Waals surface area (Å²) in [5, 5.41) is 0. The van der Waals surface area contributed by atoms with Gasteiger partial charge < -0.3 is 14.5 Å². The van der Waals surface area contributed by atoms with Crippen LogP contribution in [-0.2, 0) is 9.59 Å². The molecule has 1 aromatic rings. The number of hydrogen-bond acceptors (Lipinski definition) is 4. The van der Waals surface area contributed by atoms with Gasteiger partial charge in [-0.3, -0.25) is 14.6 Å². The summed E-state index contributed by atoms with van der Waals surface area (Å²) in [6.07, 6.45) is 5.86. The van der Waals surface area contributed by atoms with E-state index in [4.69, 9.17) is 4.74 Å². The number of ether oxygens (including phenoxy) is 1. The monoisotopic (exact) mass is 317 g/mol. The zero-order valence-electron chi connectivity index (χ0n) is 13.5. The molecule has 3 rings (SSSR count). The molecule has 0 aromatic carbocycles. The van der Waals surface area contributed by atoms with Crippen molar-refractivity contribution in [3.8, 4) is 5.75 Å². The van der Waals surface area contributed by atoms with Crippen molar-refractivity contribution in [1.82, 2.24) is 14.8 Å². The van der Waals surface area contributed by atoms with E-state index in [1.165, 1.54) is 0 Å². The number of carbonyl (C=O) groups is 2. The molecule has 124 valence electrons. The second-order valence-corrected chi connectivity index (χ2v) is 6.28. The molecule has 23 heavy (non-hydrogen) atoms. The van der Waals surface area contributed by atoms with Crippen molar-refractivity contribution in [2.75, 3.05) is 26.2 Å². The summed E-state index contributed by atoms with van der Waals surface area (Å²) in [5.41, 5.74) is 0. The number of piperidine rings is 1. The van der Waals surface area contributed by atoms with Crippen molar-refractivity contribution in [1.29, 1.82) is 0 Å². The highest BCUT2D eigenvalue weighted by molar-refractivity contribution is 5.80. The van der Waals surface area contributed by atoms with E-state index in [0.717, 1.165) is 31.6 Å². The molecule has 0 spiro atoms. The van der Waals surface area contributed by atoms with Crippen LogP contribution in [0.15, 0.2) is 24.5 Å². The molecule has 0 radical (unpaired) electrons. The van der Waals surface area contributed by atoms with E-state index in [0.29, 0.717) is 19.6 Å². The number of rotatable bonds is 3. The molecule has 2 fully saturated rings. The molecule has 2 amide bonds. The summed E-state index contributed by atoms with van der Waals surface area (Å²) in [7, 11) is 0. The van der Waals surface area contributed by atoms with Gasteiger partial charge in [-0.15, -0.1) is 0 Å². The van der Waals surface area contributed by atoms with Crippen LogP contribution in [-0.4, -0.2) is 58.9 Å². The molecule has 3 heterocycles. The third-order valence-corrected chi connectivity index (χ3v) is 4.70. The molecule has 2 aliphatic rings. The summed E-state index contributed by atoms with van der Waals surface area (Å²) < 4.78 is 5.90. The fraction of sp³-hybridized carbons (Fsp3) is 0.588. The normalized spacial score (nSPS) is 22.2. The van der Waals surface area contributed by atoms with Crippen LogP contribution in [0.2, 0.25) is 0 Å². The minimum atomic E-state index is 0.0466. The van der Waals surface area contributed by atoms with Crippen molar-refractivity contribution < 1.29 is 14.3 Å². The van der Waals surface area contributed by atoms with E-state index in [9.17, 15) is 9.59 Å². The van der Waals surface area contributed by atoms with Gasteiger partial charge >= 0.3 is 0 Å². The first-order valence-corrected chi connectivity index (χ1v) is 8.24. The Labute approximate surface area is 136 Å². The second kappa shape index (κ2) is 6.98. The average molecular weight is 317 g/mol. The smallest absolute Gasteiger partial charge is 0.225 e. The van der Waals surface area contributed by atoms with Crippen molar-refractivity contribution in [2.45, 2.75) is 32.3 Å². The Hall–Kier alpha value is -2.11. The van der Waals surface area contributed by atoms with E-state index < -0.39 is 0 Å². The topological polar surface area (TPSA) is 62.7 Å². The number of nitrogens with zero attached hydrogens (tertiary/aromatic N) is 3. The van der Waals surface area contributed by atoms with Gasteiger partial charge in [0.1, 0.15) is 11.9 Å². The molecular formula is C17H23N3O3. The predicted octanol–water partition coefficient (Wildman–Crippen LogP) is 1.32. The molecule has 2 aliphatic heterocycles. The van der Waals surface area contributed by atoms with Gasteiger partial charge in [-0.2, -0.15) is 0 Å². The van der Waals surface area contributed by atoms with Crippen LogP contribution in [0.3, 0.4) is 0 Å². The van der Waals surface area contributed by atoms with E-state index in [1.54, 1.807) is 19.3 Å². The van der Waals surface area contributed by atoms with Crippen LogP contribution >= 0.6 is 0 Å². The maximum absolute atomic E-state index is 12.6. The van der Waals surface area contributed by atoms with Crippen LogP contribution in [0.1, 0.15) is 26.2 Å². The predicted molar refractivity (Wildman–Crippen MR) is 84.8 cm³/mol. The van der Waals surface area contributed by atoms with Gasteiger partial charge in [-0.25, -0.2) is 0 Å². The van der Waals surface area contributed by atoms with Gasteiger partial charge in [0.25, 0.3) is 0 Å². The molecule has 0 N–H and O–H groups in total. The number of amides is 2. The highest BCUT2D eigenvalue weighted by Gasteiger charge is 2.33. The van der Waals surface area contributed by atoms with E-state index in [2.05, 4.69) is 4.98 Å². The number of likely N-dealkylation sites (tertiary alicyclic amines) is 2. The highest BCUT2D eigenvalue weighted by atomic mass is 16.5. The molecular weight excluding hydrogens is 294 g/mol. The SMILES string of the molecule is CC(=O)N1CCC(C(=O)N2CCC(Oc3ccncc3)C2)CC1. The Balaban J connectivity index is 1.49. The van der Waals surface area contributed by atoms with Crippen LogP contribution in [0, 0.1) is 5.92 Å². The highest BCUT2D eigenvalue weighted by Crippen LogP contribution is 2.24. The van der Waals surface area contributed by atoms with Gasteiger partial charge in [-0.05, 0) is 25.0 Å². The van der Waals surface area contributed by atoms with Gasteiger partial charge in [-0.1, -0.05) is 0 Å². The minimum absolute atomic E-state index is 0.0466. The Morgan fingerprint density at radius 2 is 1.74 bits per heavy atom. The molecule has 0 aliphatic carbocycles.